The van der Waals surface area contributed by atoms with E-state index in [-0.39, 0.29) is 12.5 Å². The Kier molecular flexibility index (Phi) is 8.98. The number of imidazole rings is 1. The standard InChI is InChI=1S/C30H35N3O3/c1-3-23(2)24-15-17-26(18-16-24)35-21-20-33-28-13-8-7-12-27(28)32-29(33)14-9-19-31-30(34)22-36-25-10-5-4-6-11-25/h4-8,10-13,15-18,23H,3,9,14,19-22H2,1-2H3,(H,31,34). The summed E-state index contributed by atoms with van der Waals surface area (Å²) in [7, 11) is 0. The lowest BCUT2D eigenvalue weighted by molar-refractivity contribution is -0.123. The van der Waals surface area contributed by atoms with E-state index in [1.165, 1.54) is 5.56 Å². The predicted molar refractivity (Wildman–Crippen MR) is 144 cm³/mol. The zero-order valence-electron chi connectivity index (χ0n) is 21.2. The highest BCUT2D eigenvalue weighted by Crippen LogP contribution is 2.22. The number of hydrogen-bond acceptors (Lipinski definition) is 4. The number of aromatic nitrogens is 2. The van der Waals surface area contributed by atoms with Crippen LogP contribution >= 0.6 is 0 Å². The number of aryl methyl sites for hydroxylation is 1. The number of para-hydroxylation sites is 3. The van der Waals surface area contributed by atoms with E-state index in [2.05, 4.69) is 54.1 Å². The van der Waals surface area contributed by atoms with E-state index < -0.39 is 0 Å². The smallest absolute Gasteiger partial charge is 0.257 e. The molecule has 1 aromatic heterocycles. The van der Waals surface area contributed by atoms with Crippen molar-refractivity contribution in [3.05, 3.63) is 90.3 Å². The average molecular weight is 486 g/mol. The molecule has 0 aliphatic heterocycles. The van der Waals surface area contributed by atoms with Gasteiger partial charge in [0, 0.05) is 13.0 Å². The van der Waals surface area contributed by atoms with Crippen molar-refractivity contribution in [2.45, 2.75) is 45.6 Å². The fraction of sp³-hybridized carbons (Fsp3) is 0.333. The molecule has 188 valence electrons. The maximum Gasteiger partial charge on any atom is 0.257 e. The first-order chi connectivity index (χ1) is 17.6. The van der Waals surface area contributed by atoms with Crippen LogP contribution in [0.4, 0.5) is 0 Å². The van der Waals surface area contributed by atoms with Gasteiger partial charge in [0.25, 0.3) is 5.91 Å². The van der Waals surface area contributed by atoms with Crippen molar-refractivity contribution in [1.82, 2.24) is 14.9 Å². The maximum atomic E-state index is 12.1. The summed E-state index contributed by atoms with van der Waals surface area (Å²) in [5.41, 5.74) is 3.42. The van der Waals surface area contributed by atoms with Gasteiger partial charge in [-0.2, -0.15) is 0 Å². The van der Waals surface area contributed by atoms with Crippen LogP contribution in [0.15, 0.2) is 78.9 Å². The van der Waals surface area contributed by atoms with Gasteiger partial charge in [0.15, 0.2) is 6.61 Å². The monoisotopic (exact) mass is 485 g/mol. The topological polar surface area (TPSA) is 65.4 Å². The van der Waals surface area contributed by atoms with Gasteiger partial charge in [-0.25, -0.2) is 4.98 Å². The van der Waals surface area contributed by atoms with Gasteiger partial charge in [-0.15, -0.1) is 0 Å². The van der Waals surface area contributed by atoms with Gasteiger partial charge in [-0.3, -0.25) is 4.79 Å². The Morgan fingerprint density at radius 2 is 1.67 bits per heavy atom. The van der Waals surface area contributed by atoms with E-state index in [1.54, 1.807) is 0 Å². The molecule has 36 heavy (non-hydrogen) atoms. The molecule has 0 aliphatic rings. The first-order valence-corrected chi connectivity index (χ1v) is 12.8. The molecule has 0 bridgehead atoms. The first kappa shape index (κ1) is 25.3. The molecule has 1 unspecified atom stereocenters. The summed E-state index contributed by atoms with van der Waals surface area (Å²) in [6.07, 6.45) is 2.68. The number of nitrogens with one attached hydrogen (secondary N) is 1. The second kappa shape index (κ2) is 12.8. The van der Waals surface area contributed by atoms with E-state index in [0.29, 0.717) is 31.4 Å². The van der Waals surface area contributed by atoms with Crippen molar-refractivity contribution >= 4 is 16.9 Å². The Labute approximate surface area is 213 Å². The largest absolute Gasteiger partial charge is 0.492 e. The highest BCUT2D eigenvalue weighted by atomic mass is 16.5. The van der Waals surface area contributed by atoms with Crippen LogP contribution in [0.2, 0.25) is 0 Å². The van der Waals surface area contributed by atoms with Gasteiger partial charge in [-0.05, 0) is 60.7 Å². The fourth-order valence-corrected chi connectivity index (χ4v) is 4.14. The van der Waals surface area contributed by atoms with Crippen LogP contribution in [-0.2, 0) is 17.8 Å². The highest BCUT2D eigenvalue weighted by Gasteiger charge is 2.11. The summed E-state index contributed by atoms with van der Waals surface area (Å²) in [5, 5.41) is 2.93. The summed E-state index contributed by atoms with van der Waals surface area (Å²) < 4.78 is 13.8. The van der Waals surface area contributed by atoms with Crippen molar-refractivity contribution in [3.63, 3.8) is 0 Å². The molecule has 0 fully saturated rings. The number of rotatable bonds is 13. The Balaban J connectivity index is 1.28. The molecule has 0 spiro atoms. The van der Waals surface area contributed by atoms with Gasteiger partial charge in [0.2, 0.25) is 0 Å². The molecular formula is C30H35N3O3. The Morgan fingerprint density at radius 1 is 0.944 bits per heavy atom. The van der Waals surface area contributed by atoms with Gasteiger partial charge in [-0.1, -0.05) is 56.3 Å². The van der Waals surface area contributed by atoms with Crippen LogP contribution in [0.3, 0.4) is 0 Å². The van der Waals surface area contributed by atoms with Crippen LogP contribution in [-0.4, -0.2) is 35.2 Å². The van der Waals surface area contributed by atoms with E-state index in [9.17, 15) is 4.79 Å². The molecule has 4 rings (SSSR count). The van der Waals surface area contributed by atoms with Crippen molar-refractivity contribution < 1.29 is 14.3 Å². The zero-order chi connectivity index (χ0) is 25.2. The van der Waals surface area contributed by atoms with Gasteiger partial charge in [0.05, 0.1) is 17.6 Å². The molecule has 1 atom stereocenters. The third kappa shape index (κ3) is 6.87. The molecule has 1 heterocycles. The van der Waals surface area contributed by atoms with Crippen LogP contribution in [0.25, 0.3) is 11.0 Å². The third-order valence-corrected chi connectivity index (χ3v) is 6.39. The minimum atomic E-state index is -0.125. The van der Waals surface area contributed by atoms with Crippen LogP contribution in [0, 0.1) is 0 Å². The fourth-order valence-electron chi connectivity index (χ4n) is 4.14. The summed E-state index contributed by atoms with van der Waals surface area (Å²) in [6.45, 7) is 6.29. The van der Waals surface area contributed by atoms with Crippen LogP contribution < -0.4 is 14.8 Å². The molecular weight excluding hydrogens is 450 g/mol. The normalized spacial score (nSPS) is 11.8. The lowest BCUT2D eigenvalue weighted by Crippen LogP contribution is -2.30. The van der Waals surface area contributed by atoms with Crippen molar-refractivity contribution in [1.29, 1.82) is 0 Å². The van der Waals surface area contributed by atoms with Crippen LogP contribution in [0.1, 0.15) is 44.0 Å². The van der Waals surface area contributed by atoms with E-state index in [1.807, 2.05) is 48.5 Å². The number of hydrogen-bond donors (Lipinski definition) is 1. The molecule has 6 nitrogen and oxygen atoms in total. The zero-order valence-corrected chi connectivity index (χ0v) is 21.2. The summed E-state index contributed by atoms with van der Waals surface area (Å²) in [5.74, 6) is 3.01. The number of fused-ring (bicyclic) bond motifs is 1. The molecule has 4 aromatic rings. The van der Waals surface area contributed by atoms with Crippen molar-refractivity contribution in [2.24, 2.45) is 0 Å². The lowest BCUT2D eigenvalue weighted by atomic mass is 9.99. The number of amides is 1. The second-order valence-corrected chi connectivity index (χ2v) is 8.95. The minimum Gasteiger partial charge on any atom is -0.492 e. The number of carbonyl (C=O) groups excluding carboxylic acids is 1. The number of ether oxygens (including phenoxy) is 2. The van der Waals surface area contributed by atoms with E-state index in [0.717, 1.165) is 41.9 Å². The van der Waals surface area contributed by atoms with Crippen LogP contribution in [0.5, 0.6) is 11.5 Å². The van der Waals surface area contributed by atoms with Crippen molar-refractivity contribution in [2.75, 3.05) is 19.8 Å². The van der Waals surface area contributed by atoms with Gasteiger partial charge >= 0.3 is 0 Å². The molecule has 0 radical (unpaired) electrons. The molecule has 0 saturated carbocycles. The van der Waals surface area contributed by atoms with E-state index >= 15 is 0 Å². The van der Waals surface area contributed by atoms with E-state index in [4.69, 9.17) is 14.5 Å². The highest BCUT2D eigenvalue weighted by molar-refractivity contribution is 5.77. The molecule has 3 aromatic carbocycles. The quantitative estimate of drug-likeness (QED) is 0.245. The molecule has 0 saturated heterocycles. The molecule has 1 N–H and O–H groups in total. The summed E-state index contributed by atoms with van der Waals surface area (Å²) >= 11 is 0. The minimum absolute atomic E-state index is 0.0121. The SMILES string of the molecule is CCC(C)c1ccc(OCCn2c(CCCNC(=O)COc3ccccc3)nc3ccccc32)cc1. The van der Waals surface area contributed by atoms with Gasteiger partial charge < -0.3 is 19.4 Å². The Bertz CT molecular complexity index is 1240. The van der Waals surface area contributed by atoms with Crippen molar-refractivity contribution in [3.8, 4) is 11.5 Å². The summed E-state index contributed by atoms with van der Waals surface area (Å²) in [4.78, 5) is 17.0. The number of benzene rings is 3. The molecule has 0 aliphatic carbocycles. The number of carbonyl (C=O) groups is 1. The number of nitrogens with zero attached hydrogens (tertiary/aromatic N) is 2. The maximum absolute atomic E-state index is 12.1. The third-order valence-electron chi connectivity index (χ3n) is 6.39. The Morgan fingerprint density at radius 3 is 2.44 bits per heavy atom. The Hall–Kier alpha value is -3.80. The molecule has 1 amide bonds. The summed E-state index contributed by atoms with van der Waals surface area (Å²) in [6, 6.07) is 25.9. The predicted octanol–water partition coefficient (Wildman–Crippen LogP) is 5.76. The van der Waals surface area contributed by atoms with Gasteiger partial charge in [0.1, 0.15) is 23.9 Å². The lowest BCUT2D eigenvalue weighted by Gasteiger charge is -2.13. The average Bonchev–Trinajstić information content (AvgIpc) is 3.27. The second-order valence-electron chi connectivity index (χ2n) is 8.95. The molecule has 6 heteroatoms. The first-order valence-electron chi connectivity index (χ1n) is 12.8.